The number of sulfonamides is 1. The van der Waals surface area contributed by atoms with Gasteiger partial charge in [0.25, 0.3) is 0 Å². The molecule has 132 valence electrons. The number of pyridine rings is 1. The first-order valence-electron chi connectivity index (χ1n) is 7.49. The second-order valence-electron chi connectivity index (χ2n) is 5.48. The third kappa shape index (κ3) is 3.80. The van der Waals surface area contributed by atoms with Crippen LogP contribution in [0.2, 0.25) is 0 Å². The van der Waals surface area contributed by atoms with Crippen LogP contribution in [-0.2, 0) is 10.0 Å². The number of benzene rings is 1. The lowest BCUT2D eigenvalue weighted by Gasteiger charge is -2.34. The lowest BCUT2D eigenvalue weighted by atomic mass is 10.3. The Bertz CT molecular complexity index is 863. The van der Waals surface area contributed by atoms with E-state index in [0.717, 1.165) is 10.2 Å². The molecule has 10 heteroatoms. The fourth-order valence-electron chi connectivity index (χ4n) is 2.62. The summed E-state index contributed by atoms with van der Waals surface area (Å²) in [4.78, 5) is 16.1. The Kier molecular flexibility index (Phi) is 5.02. The number of nitro groups is 1. The molecule has 0 amide bonds. The summed E-state index contributed by atoms with van der Waals surface area (Å²) in [6.45, 7) is 1.68. The highest BCUT2D eigenvalue weighted by Crippen LogP contribution is 2.23. The van der Waals surface area contributed by atoms with Crippen molar-refractivity contribution in [2.45, 2.75) is 4.90 Å². The number of piperazine rings is 1. The van der Waals surface area contributed by atoms with E-state index in [1.807, 2.05) is 4.90 Å². The van der Waals surface area contributed by atoms with Gasteiger partial charge in [-0.25, -0.2) is 8.42 Å². The summed E-state index contributed by atoms with van der Waals surface area (Å²) >= 11 is 3.29. The van der Waals surface area contributed by atoms with Crippen LogP contribution < -0.4 is 4.90 Å². The minimum atomic E-state index is -3.52. The highest BCUT2D eigenvalue weighted by atomic mass is 79.9. The SMILES string of the molecule is O=[N+]([O-])c1ccc(N2CCN(S(=O)(=O)c3ccc(Br)cc3)CC2)cn1. The Morgan fingerprint density at radius 3 is 2.20 bits per heavy atom. The molecule has 0 aliphatic carbocycles. The molecule has 1 fully saturated rings. The molecule has 25 heavy (non-hydrogen) atoms. The zero-order valence-corrected chi connectivity index (χ0v) is 15.5. The van der Waals surface area contributed by atoms with Crippen LogP contribution >= 0.6 is 15.9 Å². The monoisotopic (exact) mass is 426 g/mol. The molecule has 0 spiro atoms. The predicted octanol–water partition coefficient (Wildman–Crippen LogP) is 2.26. The van der Waals surface area contributed by atoms with Gasteiger partial charge in [0.05, 0.1) is 10.6 Å². The smallest absolute Gasteiger partial charge is 0.363 e. The third-order valence-corrected chi connectivity index (χ3v) is 6.42. The molecular weight excluding hydrogens is 412 g/mol. The quantitative estimate of drug-likeness (QED) is 0.549. The maximum Gasteiger partial charge on any atom is 0.363 e. The largest absolute Gasteiger partial charge is 0.366 e. The van der Waals surface area contributed by atoms with Gasteiger partial charge in [-0.15, -0.1) is 0 Å². The van der Waals surface area contributed by atoms with E-state index in [0.29, 0.717) is 26.2 Å². The predicted molar refractivity (Wildman–Crippen MR) is 96.0 cm³/mol. The highest BCUT2D eigenvalue weighted by Gasteiger charge is 2.29. The van der Waals surface area contributed by atoms with Crippen LogP contribution in [0.5, 0.6) is 0 Å². The molecule has 2 aromatic rings. The van der Waals surface area contributed by atoms with Gasteiger partial charge in [0, 0.05) is 36.7 Å². The summed E-state index contributed by atoms with van der Waals surface area (Å²) in [7, 11) is -3.52. The van der Waals surface area contributed by atoms with Crippen LogP contribution in [0.3, 0.4) is 0 Å². The summed E-state index contributed by atoms with van der Waals surface area (Å²) < 4.78 is 27.6. The summed E-state index contributed by atoms with van der Waals surface area (Å²) in [5.41, 5.74) is 0.742. The zero-order chi connectivity index (χ0) is 18.0. The number of halogens is 1. The normalized spacial score (nSPS) is 16.0. The molecule has 0 bridgehead atoms. The van der Waals surface area contributed by atoms with Gasteiger partial charge in [-0.05, 0) is 40.2 Å². The number of rotatable bonds is 4. The Hall–Kier alpha value is -2.04. The molecule has 0 saturated carbocycles. The van der Waals surface area contributed by atoms with Gasteiger partial charge < -0.3 is 15.0 Å². The van der Waals surface area contributed by atoms with Crippen LogP contribution in [0.15, 0.2) is 52.0 Å². The molecule has 1 aromatic heterocycles. The average molecular weight is 427 g/mol. The molecule has 0 N–H and O–H groups in total. The number of nitrogens with zero attached hydrogens (tertiary/aromatic N) is 4. The Balaban J connectivity index is 1.69. The molecular formula is C15H15BrN4O4S. The lowest BCUT2D eigenvalue weighted by Crippen LogP contribution is -2.48. The van der Waals surface area contributed by atoms with E-state index in [4.69, 9.17) is 0 Å². The maximum atomic E-state index is 12.7. The molecule has 3 rings (SSSR count). The van der Waals surface area contributed by atoms with Crippen molar-refractivity contribution in [2.75, 3.05) is 31.1 Å². The van der Waals surface area contributed by atoms with Crippen molar-refractivity contribution in [3.8, 4) is 0 Å². The second kappa shape index (κ2) is 7.06. The molecule has 0 radical (unpaired) electrons. The van der Waals surface area contributed by atoms with Crippen LogP contribution in [0, 0.1) is 10.1 Å². The van der Waals surface area contributed by atoms with Gasteiger partial charge in [0.1, 0.15) is 0 Å². The minimum absolute atomic E-state index is 0.208. The first-order chi connectivity index (χ1) is 11.9. The summed E-state index contributed by atoms with van der Waals surface area (Å²) in [6, 6.07) is 9.53. The van der Waals surface area contributed by atoms with Crippen molar-refractivity contribution >= 4 is 37.5 Å². The molecule has 2 heterocycles. The topological polar surface area (TPSA) is 96.6 Å². The first-order valence-corrected chi connectivity index (χ1v) is 9.72. The van der Waals surface area contributed by atoms with Gasteiger partial charge >= 0.3 is 5.82 Å². The van der Waals surface area contributed by atoms with Crippen LogP contribution in [0.1, 0.15) is 0 Å². The minimum Gasteiger partial charge on any atom is -0.366 e. The fourth-order valence-corrected chi connectivity index (χ4v) is 4.30. The standard InChI is InChI=1S/C15H15BrN4O4S/c16-12-1-4-14(5-2-12)25(23,24)19-9-7-18(8-10-19)13-3-6-15(17-11-13)20(21)22/h1-6,11H,7-10H2. The number of hydrogen-bond donors (Lipinski definition) is 0. The molecule has 1 aliphatic rings. The van der Waals surface area contributed by atoms with Crippen molar-refractivity contribution in [2.24, 2.45) is 0 Å². The Morgan fingerprint density at radius 2 is 1.68 bits per heavy atom. The van der Waals surface area contributed by atoms with Crippen molar-refractivity contribution in [1.29, 1.82) is 0 Å². The van der Waals surface area contributed by atoms with Crippen LogP contribution in [-0.4, -0.2) is 48.8 Å². The maximum absolute atomic E-state index is 12.7. The highest BCUT2D eigenvalue weighted by molar-refractivity contribution is 9.10. The van der Waals surface area contributed by atoms with E-state index in [9.17, 15) is 18.5 Å². The summed E-state index contributed by atoms with van der Waals surface area (Å²) in [5, 5.41) is 10.7. The number of aromatic nitrogens is 1. The molecule has 1 aliphatic heterocycles. The number of hydrogen-bond acceptors (Lipinski definition) is 6. The van der Waals surface area contributed by atoms with Gasteiger partial charge in [0.15, 0.2) is 6.20 Å². The van der Waals surface area contributed by atoms with Crippen molar-refractivity contribution in [1.82, 2.24) is 9.29 Å². The van der Waals surface area contributed by atoms with E-state index in [1.54, 1.807) is 30.3 Å². The van der Waals surface area contributed by atoms with Gasteiger partial charge in [0.2, 0.25) is 10.0 Å². The lowest BCUT2D eigenvalue weighted by molar-refractivity contribution is -0.389. The second-order valence-corrected chi connectivity index (χ2v) is 8.33. The Morgan fingerprint density at radius 1 is 1.04 bits per heavy atom. The van der Waals surface area contributed by atoms with Crippen molar-refractivity contribution in [3.63, 3.8) is 0 Å². The fraction of sp³-hybridized carbons (Fsp3) is 0.267. The third-order valence-electron chi connectivity index (χ3n) is 3.97. The van der Waals surface area contributed by atoms with E-state index in [2.05, 4.69) is 20.9 Å². The van der Waals surface area contributed by atoms with Crippen LogP contribution in [0.4, 0.5) is 11.5 Å². The number of anilines is 1. The molecule has 0 unspecified atom stereocenters. The summed E-state index contributed by atoms with van der Waals surface area (Å²) in [6.07, 6.45) is 1.44. The van der Waals surface area contributed by atoms with Crippen molar-refractivity contribution in [3.05, 3.63) is 57.2 Å². The Labute approximate surface area is 153 Å². The molecule has 1 aromatic carbocycles. The zero-order valence-electron chi connectivity index (χ0n) is 13.1. The summed E-state index contributed by atoms with van der Waals surface area (Å²) in [5.74, 6) is -0.208. The van der Waals surface area contributed by atoms with E-state index < -0.39 is 14.9 Å². The van der Waals surface area contributed by atoms with Gasteiger partial charge in [-0.2, -0.15) is 4.31 Å². The van der Waals surface area contributed by atoms with Crippen molar-refractivity contribution < 1.29 is 13.3 Å². The van der Waals surface area contributed by atoms with E-state index >= 15 is 0 Å². The van der Waals surface area contributed by atoms with Crippen LogP contribution in [0.25, 0.3) is 0 Å². The van der Waals surface area contributed by atoms with Gasteiger partial charge in [-0.1, -0.05) is 15.9 Å². The average Bonchev–Trinajstić information content (AvgIpc) is 2.62. The van der Waals surface area contributed by atoms with Gasteiger partial charge in [-0.3, -0.25) is 0 Å². The molecule has 0 atom stereocenters. The van der Waals surface area contributed by atoms with E-state index in [1.165, 1.54) is 16.6 Å². The molecule has 8 nitrogen and oxygen atoms in total. The van der Waals surface area contributed by atoms with E-state index in [-0.39, 0.29) is 10.7 Å². The first kappa shape index (κ1) is 17.8. The molecule has 1 saturated heterocycles.